The zero-order chi connectivity index (χ0) is 22.1. The van der Waals surface area contributed by atoms with Crippen LogP contribution in [-0.4, -0.2) is 40.9 Å². The van der Waals surface area contributed by atoms with Crippen LogP contribution in [0, 0.1) is 0 Å². The fourth-order valence-electron chi connectivity index (χ4n) is 2.89. The van der Waals surface area contributed by atoms with E-state index in [1.807, 2.05) is 31.2 Å². The van der Waals surface area contributed by atoms with Gasteiger partial charge in [-0.3, -0.25) is 0 Å². The summed E-state index contributed by atoms with van der Waals surface area (Å²) in [6.07, 6.45) is 5.86. The molecule has 0 fully saturated rings. The first-order chi connectivity index (χ1) is 15.1. The van der Waals surface area contributed by atoms with Crippen molar-refractivity contribution < 1.29 is 14.2 Å². The van der Waals surface area contributed by atoms with Crippen LogP contribution in [0.25, 0.3) is 0 Å². The largest absolute Gasteiger partial charge is 0.490 e. The lowest BCUT2D eigenvalue weighted by atomic mass is 9.99. The number of hydrogen-bond acceptors (Lipinski definition) is 6. The lowest BCUT2D eigenvalue weighted by molar-refractivity contribution is 0.207. The SMILES string of the molecule is CCOc1cc(C=Nn2cnnc2)cc(Br)c1OCCOc1ccc(C(C)CC)cc1. The first-order valence-corrected chi connectivity index (χ1v) is 11.1. The summed E-state index contributed by atoms with van der Waals surface area (Å²) in [4.78, 5) is 0. The van der Waals surface area contributed by atoms with Crippen LogP contribution >= 0.6 is 15.9 Å². The molecule has 0 bridgehead atoms. The zero-order valence-electron chi connectivity index (χ0n) is 18.0. The highest BCUT2D eigenvalue weighted by molar-refractivity contribution is 9.10. The van der Waals surface area contributed by atoms with Crippen LogP contribution in [0.4, 0.5) is 0 Å². The van der Waals surface area contributed by atoms with Crippen molar-refractivity contribution in [1.82, 2.24) is 14.9 Å². The second-order valence-corrected chi connectivity index (χ2v) is 7.78. The fraction of sp³-hybridized carbons (Fsp3) is 0.348. The predicted molar refractivity (Wildman–Crippen MR) is 124 cm³/mol. The Kier molecular flexibility index (Phi) is 8.46. The zero-order valence-corrected chi connectivity index (χ0v) is 19.6. The lowest BCUT2D eigenvalue weighted by Crippen LogP contribution is -2.10. The van der Waals surface area contributed by atoms with Gasteiger partial charge in [0.2, 0.25) is 0 Å². The van der Waals surface area contributed by atoms with Crippen LogP contribution in [0.1, 0.15) is 44.2 Å². The van der Waals surface area contributed by atoms with E-state index in [0.29, 0.717) is 37.2 Å². The Labute approximate surface area is 191 Å². The van der Waals surface area contributed by atoms with Crippen molar-refractivity contribution in [2.75, 3.05) is 19.8 Å². The molecule has 7 nitrogen and oxygen atoms in total. The number of ether oxygens (including phenoxy) is 3. The summed E-state index contributed by atoms with van der Waals surface area (Å²) in [5, 5.41) is 11.7. The molecule has 0 saturated carbocycles. The number of benzene rings is 2. The predicted octanol–water partition coefficient (Wildman–Crippen LogP) is 5.29. The third kappa shape index (κ3) is 6.55. The van der Waals surface area contributed by atoms with Gasteiger partial charge in [0.05, 0.1) is 17.3 Å². The molecule has 0 radical (unpaired) electrons. The van der Waals surface area contributed by atoms with E-state index >= 15 is 0 Å². The van der Waals surface area contributed by atoms with Crippen molar-refractivity contribution in [3.8, 4) is 17.2 Å². The Morgan fingerprint density at radius 2 is 1.74 bits per heavy atom. The van der Waals surface area contributed by atoms with Crippen LogP contribution in [0.15, 0.2) is 58.6 Å². The van der Waals surface area contributed by atoms with Gasteiger partial charge in [0.15, 0.2) is 11.5 Å². The van der Waals surface area contributed by atoms with E-state index in [2.05, 4.69) is 57.2 Å². The Morgan fingerprint density at radius 3 is 2.42 bits per heavy atom. The fourth-order valence-corrected chi connectivity index (χ4v) is 3.46. The van der Waals surface area contributed by atoms with Gasteiger partial charge in [0.25, 0.3) is 0 Å². The second-order valence-electron chi connectivity index (χ2n) is 6.92. The van der Waals surface area contributed by atoms with Gasteiger partial charge in [-0.1, -0.05) is 26.0 Å². The minimum atomic E-state index is 0.389. The van der Waals surface area contributed by atoms with E-state index in [1.165, 1.54) is 22.9 Å². The minimum Gasteiger partial charge on any atom is -0.490 e. The minimum absolute atomic E-state index is 0.389. The lowest BCUT2D eigenvalue weighted by Gasteiger charge is -2.15. The van der Waals surface area contributed by atoms with Crippen molar-refractivity contribution in [2.24, 2.45) is 5.10 Å². The molecule has 0 saturated heterocycles. The van der Waals surface area contributed by atoms with Gasteiger partial charge in [-0.25, -0.2) is 4.68 Å². The molecule has 1 aromatic heterocycles. The number of aromatic nitrogens is 3. The van der Waals surface area contributed by atoms with Gasteiger partial charge in [0.1, 0.15) is 31.6 Å². The standard InChI is InChI=1S/C23H27BrN4O3/c1-4-17(3)19-6-8-20(9-7-19)30-10-11-31-23-21(24)12-18(13-22(23)29-5-2)14-27-28-15-25-26-16-28/h6-9,12-17H,4-5,10-11H2,1-3H3. The van der Waals surface area contributed by atoms with E-state index in [9.17, 15) is 0 Å². The molecule has 0 aliphatic rings. The van der Waals surface area contributed by atoms with E-state index in [0.717, 1.165) is 22.2 Å². The van der Waals surface area contributed by atoms with Gasteiger partial charge in [0, 0.05) is 0 Å². The van der Waals surface area contributed by atoms with Crippen molar-refractivity contribution >= 4 is 22.1 Å². The topological polar surface area (TPSA) is 70.8 Å². The van der Waals surface area contributed by atoms with Crippen molar-refractivity contribution in [3.05, 3.63) is 64.7 Å². The number of nitrogens with zero attached hydrogens (tertiary/aromatic N) is 4. The molecular weight excluding hydrogens is 460 g/mol. The molecule has 164 valence electrons. The highest BCUT2D eigenvalue weighted by atomic mass is 79.9. The average Bonchev–Trinajstić information content (AvgIpc) is 3.30. The molecule has 0 spiro atoms. The molecule has 0 aliphatic heterocycles. The van der Waals surface area contributed by atoms with E-state index in [4.69, 9.17) is 14.2 Å². The van der Waals surface area contributed by atoms with Gasteiger partial charge in [-0.05, 0) is 70.6 Å². The Morgan fingerprint density at radius 1 is 1.03 bits per heavy atom. The maximum Gasteiger partial charge on any atom is 0.175 e. The van der Waals surface area contributed by atoms with Crippen molar-refractivity contribution in [1.29, 1.82) is 0 Å². The van der Waals surface area contributed by atoms with E-state index in [-0.39, 0.29) is 0 Å². The molecule has 3 aromatic rings. The van der Waals surface area contributed by atoms with E-state index < -0.39 is 0 Å². The quantitative estimate of drug-likeness (QED) is 0.272. The smallest absolute Gasteiger partial charge is 0.175 e. The molecule has 1 heterocycles. The molecule has 3 rings (SSSR count). The molecule has 0 aliphatic carbocycles. The van der Waals surface area contributed by atoms with Crippen LogP contribution in [-0.2, 0) is 0 Å². The third-order valence-electron chi connectivity index (χ3n) is 4.74. The molecular formula is C23H27BrN4O3. The molecule has 0 N–H and O–H groups in total. The summed E-state index contributed by atoms with van der Waals surface area (Å²) < 4.78 is 19.8. The monoisotopic (exact) mass is 486 g/mol. The Bertz CT molecular complexity index is 975. The first-order valence-electron chi connectivity index (χ1n) is 10.3. The molecule has 0 amide bonds. The molecule has 1 atom stereocenters. The van der Waals surface area contributed by atoms with Gasteiger partial charge in [-0.2, -0.15) is 5.10 Å². The second kappa shape index (κ2) is 11.5. The molecule has 8 heteroatoms. The third-order valence-corrected chi connectivity index (χ3v) is 5.33. The first kappa shape index (κ1) is 22.8. The number of rotatable bonds is 11. The number of halogens is 1. The summed E-state index contributed by atoms with van der Waals surface area (Å²) in [5.74, 6) is 2.66. The van der Waals surface area contributed by atoms with Crippen molar-refractivity contribution in [2.45, 2.75) is 33.1 Å². The molecule has 2 aromatic carbocycles. The van der Waals surface area contributed by atoms with Gasteiger partial charge >= 0.3 is 0 Å². The highest BCUT2D eigenvalue weighted by Gasteiger charge is 2.12. The molecule has 1 unspecified atom stereocenters. The Balaban J connectivity index is 1.60. The van der Waals surface area contributed by atoms with Crippen LogP contribution in [0.3, 0.4) is 0 Å². The van der Waals surface area contributed by atoms with Crippen LogP contribution in [0.2, 0.25) is 0 Å². The molecule has 31 heavy (non-hydrogen) atoms. The summed E-state index contributed by atoms with van der Waals surface area (Å²) >= 11 is 3.57. The van der Waals surface area contributed by atoms with Crippen LogP contribution in [0.5, 0.6) is 17.2 Å². The van der Waals surface area contributed by atoms with E-state index in [1.54, 1.807) is 6.21 Å². The summed E-state index contributed by atoms with van der Waals surface area (Å²) in [6, 6.07) is 12.1. The summed E-state index contributed by atoms with van der Waals surface area (Å²) in [7, 11) is 0. The highest BCUT2D eigenvalue weighted by Crippen LogP contribution is 2.36. The Hall–Kier alpha value is -2.87. The summed E-state index contributed by atoms with van der Waals surface area (Å²) in [5.41, 5.74) is 2.18. The maximum absolute atomic E-state index is 5.96. The average molecular weight is 487 g/mol. The van der Waals surface area contributed by atoms with Crippen molar-refractivity contribution in [3.63, 3.8) is 0 Å². The number of hydrogen-bond donors (Lipinski definition) is 0. The van der Waals surface area contributed by atoms with Crippen LogP contribution < -0.4 is 14.2 Å². The normalized spacial score (nSPS) is 12.1. The van der Waals surface area contributed by atoms with Gasteiger partial charge < -0.3 is 14.2 Å². The maximum atomic E-state index is 5.96. The summed E-state index contributed by atoms with van der Waals surface area (Å²) in [6.45, 7) is 7.69. The van der Waals surface area contributed by atoms with Gasteiger partial charge in [-0.15, -0.1) is 10.2 Å².